The molecule has 1 rings (SSSR count). The van der Waals surface area contributed by atoms with Gasteiger partial charge < -0.3 is 19.4 Å². The van der Waals surface area contributed by atoms with Crippen LogP contribution in [-0.2, 0) is 11.3 Å². The molecule has 6 nitrogen and oxygen atoms in total. The van der Waals surface area contributed by atoms with E-state index in [0.717, 1.165) is 32.5 Å². The molecule has 0 saturated carbocycles. The summed E-state index contributed by atoms with van der Waals surface area (Å²) in [5, 5.41) is 11.3. The first-order valence-corrected chi connectivity index (χ1v) is 6.58. The fraction of sp³-hybridized carbons (Fsp3) is 0.833. The van der Waals surface area contributed by atoms with Crippen molar-refractivity contribution in [3.8, 4) is 0 Å². The lowest BCUT2D eigenvalue weighted by Gasteiger charge is -2.16. The number of aromatic nitrogens is 2. The fourth-order valence-corrected chi connectivity index (χ4v) is 1.55. The Bertz CT molecular complexity index is 317. The summed E-state index contributed by atoms with van der Waals surface area (Å²) in [6.07, 6.45) is 2.30. The van der Waals surface area contributed by atoms with Crippen molar-refractivity contribution in [1.29, 1.82) is 0 Å². The summed E-state index contributed by atoms with van der Waals surface area (Å²) in [6, 6.07) is 0.620. The first-order valence-electron chi connectivity index (χ1n) is 6.58. The van der Waals surface area contributed by atoms with Crippen molar-refractivity contribution in [3.63, 3.8) is 0 Å². The van der Waals surface area contributed by atoms with Crippen LogP contribution in [0.3, 0.4) is 0 Å². The second-order valence-corrected chi connectivity index (χ2v) is 4.08. The van der Waals surface area contributed by atoms with Crippen LogP contribution in [0.5, 0.6) is 0 Å². The fourth-order valence-electron chi connectivity index (χ4n) is 1.55. The van der Waals surface area contributed by atoms with E-state index in [-0.39, 0.29) is 0 Å². The molecule has 6 heteroatoms. The topological polar surface area (TPSA) is 63.4 Å². The van der Waals surface area contributed by atoms with Crippen LogP contribution in [0.25, 0.3) is 0 Å². The first kappa shape index (κ1) is 14.9. The third-order valence-electron chi connectivity index (χ3n) is 2.65. The van der Waals surface area contributed by atoms with Gasteiger partial charge in [0.1, 0.15) is 0 Å². The Morgan fingerprint density at radius 1 is 1.33 bits per heavy atom. The Morgan fingerprint density at radius 3 is 2.83 bits per heavy atom. The van der Waals surface area contributed by atoms with Gasteiger partial charge in [-0.25, -0.2) is 0 Å². The van der Waals surface area contributed by atoms with E-state index in [4.69, 9.17) is 9.15 Å². The van der Waals surface area contributed by atoms with E-state index in [9.17, 15) is 0 Å². The molecule has 0 bridgehead atoms. The maximum atomic E-state index is 5.61. The molecule has 0 aliphatic carbocycles. The van der Waals surface area contributed by atoms with Gasteiger partial charge in [-0.05, 0) is 13.3 Å². The SMILES string of the molecule is CCCCN(CC)c1nnc(CNCCOC)o1. The normalized spacial score (nSPS) is 10.8. The minimum absolute atomic E-state index is 0.585. The maximum absolute atomic E-state index is 5.61. The number of rotatable bonds is 10. The Labute approximate surface area is 109 Å². The Balaban J connectivity index is 2.40. The first-order chi connectivity index (χ1) is 8.81. The van der Waals surface area contributed by atoms with Crippen LogP contribution in [-0.4, -0.2) is 43.5 Å². The molecule has 0 aliphatic rings. The van der Waals surface area contributed by atoms with E-state index in [1.165, 1.54) is 0 Å². The third kappa shape index (κ3) is 5.01. The van der Waals surface area contributed by atoms with Crippen molar-refractivity contribution >= 4 is 6.01 Å². The highest BCUT2D eigenvalue weighted by molar-refractivity contribution is 5.23. The van der Waals surface area contributed by atoms with Gasteiger partial charge in [0.15, 0.2) is 0 Å². The zero-order valence-electron chi connectivity index (χ0n) is 11.6. The highest BCUT2D eigenvalue weighted by Crippen LogP contribution is 2.12. The molecule has 0 spiro atoms. The molecule has 1 N–H and O–H groups in total. The molecule has 0 unspecified atom stereocenters. The van der Waals surface area contributed by atoms with Gasteiger partial charge in [0, 0.05) is 26.7 Å². The summed E-state index contributed by atoms with van der Waals surface area (Å²) < 4.78 is 10.6. The van der Waals surface area contributed by atoms with Crippen molar-refractivity contribution in [1.82, 2.24) is 15.5 Å². The molecule has 1 aromatic rings. The third-order valence-corrected chi connectivity index (χ3v) is 2.65. The van der Waals surface area contributed by atoms with E-state index in [1.54, 1.807) is 7.11 Å². The van der Waals surface area contributed by atoms with Crippen molar-refractivity contribution in [2.45, 2.75) is 33.2 Å². The summed E-state index contributed by atoms with van der Waals surface area (Å²) in [5.41, 5.74) is 0. The molecule has 0 saturated heterocycles. The largest absolute Gasteiger partial charge is 0.407 e. The quantitative estimate of drug-likeness (QED) is 0.639. The zero-order chi connectivity index (χ0) is 13.2. The van der Waals surface area contributed by atoms with Crippen molar-refractivity contribution < 1.29 is 9.15 Å². The van der Waals surface area contributed by atoms with Crippen molar-refractivity contribution in [2.24, 2.45) is 0 Å². The van der Waals surface area contributed by atoms with Gasteiger partial charge in [-0.2, -0.15) is 0 Å². The Kier molecular flexibility index (Phi) is 7.36. The summed E-state index contributed by atoms with van der Waals surface area (Å²) in [4.78, 5) is 2.11. The van der Waals surface area contributed by atoms with Crippen LogP contribution in [0.2, 0.25) is 0 Å². The molecular weight excluding hydrogens is 232 g/mol. The average molecular weight is 256 g/mol. The van der Waals surface area contributed by atoms with Crippen LogP contribution < -0.4 is 10.2 Å². The van der Waals surface area contributed by atoms with Gasteiger partial charge in [-0.15, -0.1) is 5.10 Å². The molecule has 0 fully saturated rings. The minimum Gasteiger partial charge on any atom is -0.407 e. The summed E-state index contributed by atoms with van der Waals surface area (Å²) >= 11 is 0. The monoisotopic (exact) mass is 256 g/mol. The lowest BCUT2D eigenvalue weighted by atomic mass is 10.3. The second kappa shape index (κ2) is 8.88. The summed E-state index contributed by atoms with van der Waals surface area (Å²) in [6.45, 7) is 8.16. The van der Waals surface area contributed by atoms with Crippen LogP contribution in [0.15, 0.2) is 4.42 Å². The Morgan fingerprint density at radius 2 is 2.17 bits per heavy atom. The minimum atomic E-state index is 0.585. The lowest BCUT2D eigenvalue weighted by molar-refractivity contribution is 0.198. The van der Waals surface area contributed by atoms with E-state index < -0.39 is 0 Å². The van der Waals surface area contributed by atoms with E-state index in [2.05, 4.69) is 34.3 Å². The van der Waals surface area contributed by atoms with Crippen LogP contribution in [0.4, 0.5) is 6.01 Å². The Hall–Kier alpha value is -1.14. The number of nitrogens with zero attached hydrogens (tertiary/aromatic N) is 3. The van der Waals surface area contributed by atoms with Gasteiger partial charge in [-0.1, -0.05) is 18.4 Å². The highest BCUT2D eigenvalue weighted by atomic mass is 16.5. The average Bonchev–Trinajstić information content (AvgIpc) is 2.84. The number of hydrogen-bond acceptors (Lipinski definition) is 6. The highest BCUT2D eigenvalue weighted by Gasteiger charge is 2.11. The molecule has 104 valence electrons. The smallest absolute Gasteiger partial charge is 0.318 e. The van der Waals surface area contributed by atoms with Gasteiger partial charge in [0.05, 0.1) is 13.2 Å². The number of methoxy groups -OCH3 is 1. The molecule has 18 heavy (non-hydrogen) atoms. The number of unbranched alkanes of at least 4 members (excludes halogenated alkanes) is 1. The van der Waals surface area contributed by atoms with Crippen LogP contribution in [0.1, 0.15) is 32.6 Å². The molecule has 0 radical (unpaired) electrons. The molecular formula is C12H24N4O2. The van der Waals surface area contributed by atoms with Crippen LogP contribution in [0, 0.1) is 0 Å². The predicted molar refractivity (Wildman–Crippen MR) is 70.7 cm³/mol. The van der Waals surface area contributed by atoms with Gasteiger partial charge in [0.25, 0.3) is 0 Å². The van der Waals surface area contributed by atoms with Crippen LogP contribution >= 0.6 is 0 Å². The molecule has 0 amide bonds. The van der Waals surface area contributed by atoms with E-state index >= 15 is 0 Å². The molecule has 0 aromatic carbocycles. The summed E-state index contributed by atoms with van der Waals surface area (Å²) in [7, 11) is 1.68. The maximum Gasteiger partial charge on any atom is 0.318 e. The molecule has 0 aliphatic heterocycles. The summed E-state index contributed by atoms with van der Waals surface area (Å²) in [5.74, 6) is 0.621. The second-order valence-electron chi connectivity index (χ2n) is 4.08. The van der Waals surface area contributed by atoms with Crippen molar-refractivity contribution in [2.75, 3.05) is 38.3 Å². The standard InChI is InChI=1S/C12H24N4O2/c1-4-6-8-16(5-2)12-15-14-11(18-12)10-13-7-9-17-3/h13H,4-10H2,1-3H3. The molecule has 1 heterocycles. The molecule has 0 atom stereocenters. The number of ether oxygens (including phenoxy) is 1. The van der Waals surface area contributed by atoms with E-state index in [0.29, 0.717) is 25.1 Å². The van der Waals surface area contributed by atoms with E-state index in [1.807, 2.05) is 0 Å². The lowest BCUT2D eigenvalue weighted by Crippen LogP contribution is -2.24. The number of anilines is 1. The zero-order valence-corrected chi connectivity index (χ0v) is 11.6. The van der Waals surface area contributed by atoms with Gasteiger partial charge in [0.2, 0.25) is 5.89 Å². The predicted octanol–water partition coefficient (Wildman–Crippen LogP) is 1.43. The number of nitrogens with one attached hydrogen (secondary N) is 1. The molecule has 1 aromatic heterocycles. The van der Waals surface area contributed by atoms with Gasteiger partial charge in [-0.3, -0.25) is 0 Å². The number of hydrogen-bond donors (Lipinski definition) is 1. The van der Waals surface area contributed by atoms with Crippen molar-refractivity contribution in [3.05, 3.63) is 5.89 Å². The van der Waals surface area contributed by atoms with Gasteiger partial charge >= 0.3 is 6.01 Å².